The molecule has 20 heavy (non-hydrogen) atoms. The Morgan fingerprint density at radius 2 is 2.05 bits per heavy atom. The monoisotopic (exact) mass is 274 g/mol. The van der Waals surface area contributed by atoms with Crippen molar-refractivity contribution < 1.29 is 4.79 Å². The molecule has 3 heteroatoms. The molecule has 1 fully saturated rings. The maximum absolute atomic E-state index is 12.4. The summed E-state index contributed by atoms with van der Waals surface area (Å²) in [6.07, 6.45) is 3.63. The fraction of sp³-hybridized carbons (Fsp3) is 0.588. The minimum atomic E-state index is -0.0438. The summed E-state index contributed by atoms with van der Waals surface area (Å²) in [6, 6.07) is 10.3. The molecule has 0 radical (unpaired) electrons. The Morgan fingerprint density at radius 1 is 1.35 bits per heavy atom. The van der Waals surface area contributed by atoms with Crippen LogP contribution in [0.2, 0.25) is 0 Å². The Labute approximate surface area is 122 Å². The van der Waals surface area contributed by atoms with Gasteiger partial charge in [-0.05, 0) is 37.7 Å². The molecule has 0 spiro atoms. The van der Waals surface area contributed by atoms with Gasteiger partial charge in [0, 0.05) is 25.0 Å². The van der Waals surface area contributed by atoms with Gasteiger partial charge in [-0.2, -0.15) is 0 Å². The smallest absolute Gasteiger partial charge is 0.222 e. The Balaban J connectivity index is 1.86. The Morgan fingerprint density at radius 3 is 2.75 bits per heavy atom. The van der Waals surface area contributed by atoms with Gasteiger partial charge in [0.2, 0.25) is 5.91 Å². The lowest BCUT2D eigenvalue weighted by molar-refractivity contribution is -0.135. The van der Waals surface area contributed by atoms with E-state index in [1.165, 1.54) is 6.42 Å². The normalized spacial score (nSPS) is 24.4. The highest BCUT2D eigenvalue weighted by molar-refractivity contribution is 5.76. The number of nitrogens with zero attached hydrogens (tertiary/aromatic N) is 1. The molecule has 1 amide bonds. The summed E-state index contributed by atoms with van der Waals surface area (Å²) in [7, 11) is 0. The van der Waals surface area contributed by atoms with Crippen molar-refractivity contribution in [2.75, 3.05) is 6.54 Å². The number of rotatable bonds is 4. The van der Waals surface area contributed by atoms with Gasteiger partial charge in [0.1, 0.15) is 0 Å². The summed E-state index contributed by atoms with van der Waals surface area (Å²) < 4.78 is 0. The fourth-order valence-corrected chi connectivity index (χ4v) is 2.98. The van der Waals surface area contributed by atoms with E-state index in [-0.39, 0.29) is 11.9 Å². The van der Waals surface area contributed by atoms with Crippen LogP contribution < -0.4 is 5.73 Å². The number of hydrogen-bond donors (Lipinski definition) is 1. The van der Waals surface area contributed by atoms with Gasteiger partial charge in [0.25, 0.3) is 0 Å². The van der Waals surface area contributed by atoms with E-state index in [4.69, 9.17) is 5.73 Å². The van der Waals surface area contributed by atoms with Crippen LogP contribution in [-0.2, 0) is 4.79 Å². The van der Waals surface area contributed by atoms with Crippen LogP contribution >= 0.6 is 0 Å². The molecule has 0 saturated carbocycles. The Hall–Kier alpha value is -1.35. The summed E-state index contributed by atoms with van der Waals surface area (Å²) in [5.74, 6) is 0.867. The molecular formula is C17H26N2O. The van der Waals surface area contributed by atoms with E-state index < -0.39 is 0 Å². The van der Waals surface area contributed by atoms with Crippen LogP contribution in [0.4, 0.5) is 0 Å². The van der Waals surface area contributed by atoms with Gasteiger partial charge >= 0.3 is 0 Å². The standard InChI is InChI=1S/C17H26N2O/c1-13-7-6-12-19(14(13)2)17(20)11-10-16(18)15-8-4-3-5-9-15/h3-5,8-9,13-14,16H,6-7,10-12,18H2,1-2H3/t13-,14+,16+/m1/s1. The summed E-state index contributed by atoms with van der Waals surface area (Å²) in [5.41, 5.74) is 7.28. The van der Waals surface area contributed by atoms with Crippen LogP contribution in [0.25, 0.3) is 0 Å². The van der Waals surface area contributed by atoms with E-state index >= 15 is 0 Å². The minimum Gasteiger partial charge on any atom is -0.340 e. The van der Waals surface area contributed by atoms with Crippen LogP contribution in [0.3, 0.4) is 0 Å². The molecular weight excluding hydrogens is 248 g/mol. The fourth-order valence-electron chi connectivity index (χ4n) is 2.98. The quantitative estimate of drug-likeness (QED) is 0.917. The molecule has 1 aromatic rings. The number of carbonyl (C=O) groups excluding carboxylic acids is 1. The first kappa shape index (κ1) is 15.0. The maximum atomic E-state index is 12.4. The molecule has 1 aliphatic heterocycles. The van der Waals surface area contributed by atoms with Crippen molar-refractivity contribution >= 4 is 5.91 Å². The SMILES string of the molecule is C[C@@H]1CCCN(C(=O)CC[C@H](N)c2ccccc2)[C@H]1C. The third kappa shape index (κ3) is 3.60. The van der Waals surface area contributed by atoms with Crippen molar-refractivity contribution in [1.82, 2.24) is 4.90 Å². The second-order valence-electron chi connectivity index (χ2n) is 6.00. The van der Waals surface area contributed by atoms with Crippen LogP contribution in [0.15, 0.2) is 30.3 Å². The highest BCUT2D eigenvalue weighted by Crippen LogP contribution is 2.24. The summed E-state index contributed by atoms with van der Waals surface area (Å²) in [6.45, 7) is 5.31. The third-order valence-corrected chi connectivity index (χ3v) is 4.59. The molecule has 1 saturated heterocycles. The van der Waals surface area contributed by atoms with Gasteiger partial charge in [-0.15, -0.1) is 0 Å². The lowest BCUT2D eigenvalue weighted by Crippen LogP contribution is -2.46. The van der Waals surface area contributed by atoms with Gasteiger partial charge in [-0.3, -0.25) is 4.79 Å². The van der Waals surface area contributed by atoms with Crippen molar-refractivity contribution in [2.45, 2.75) is 51.6 Å². The average molecular weight is 274 g/mol. The number of hydrogen-bond acceptors (Lipinski definition) is 2. The lowest BCUT2D eigenvalue weighted by atomic mass is 9.91. The van der Waals surface area contributed by atoms with Crippen LogP contribution in [0, 0.1) is 5.92 Å². The lowest BCUT2D eigenvalue weighted by Gasteiger charge is -2.38. The van der Waals surface area contributed by atoms with Gasteiger partial charge in [0.15, 0.2) is 0 Å². The van der Waals surface area contributed by atoms with Crippen molar-refractivity contribution in [2.24, 2.45) is 11.7 Å². The van der Waals surface area contributed by atoms with E-state index in [2.05, 4.69) is 13.8 Å². The Kier molecular flexibility index (Phi) is 5.18. The summed E-state index contributed by atoms with van der Waals surface area (Å²) >= 11 is 0. The van der Waals surface area contributed by atoms with Gasteiger partial charge < -0.3 is 10.6 Å². The predicted molar refractivity (Wildman–Crippen MR) is 82.2 cm³/mol. The number of piperidine rings is 1. The number of benzene rings is 1. The molecule has 0 bridgehead atoms. The number of carbonyl (C=O) groups is 1. The minimum absolute atomic E-state index is 0.0438. The first-order valence-corrected chi connectivity index (χ1v) is 7.69. The summed E-state index contributed by atoms with van der Waals surface area (Å²) in [5, 5.41) is 0. The molecule has 0 aromatic heterocycles. The average Bonchev–Trinajstić information content (AvgIpc) is 2.48. The van der Waals surface area contributed by atoms with Crippen molar-refractivity contribution in [3.05, 3.63) is 35.9 Å². The molecule has 0 aliphatic carbocycles. The van der Waals surface area contributed by atoms with E-state index in [1.54, 1.807) is 0 Å². The molecule has 1 aromatic carbocycles. The predicted octanol–water partition coefficient (Wildman–Crippen LogP) is 3.11. The molecule has 3 nitrogen and oxygen atoms in total. The Bertz CT molecular complexity index is 432. The van der Waals surface area contributed by atoms with E-state index in [9.17, 15) is 4.79 Å². The number of likely N-dealkylation sites (tertiary alicyclic amines) is 1. The van der Waals surface area contributed by atoms with Crippen LogP contribution in [0.1, 0.15) is 51.1 Å². The molecule has 3 atom stereocenters. The van der Waals surface area contributed by atoms with Crippen molar-refractivity contribution in [3.63, 3.8) is 0 Å². The van der Waals surface area contributed by atoms with Crippen molar-refractivity contribution in [1.29, 1.82) is 0 Å². The molecule has 1 heterocycles. The molecule has 1 aliphatic rings. The highest BCUT2D eigenvalue weighted by Gasteiger charge is 2.28. The van der Waals surface area contributed by atoms with E-state index in [0.29, 0.717) is 18.4 Å². The molecule has 0 unspecified atom stereocenters. The largest absolute Gasteiger partial charge is 0.340 e. The zero-order valence-electron chi connectivity index (χ0n) is 12.6. The molecule has 2 N–H and O–H groups in total. The van der Waals surface area contributed by atoms with Gasteiger partial charge in [-0.25, -0.2) is 0 Å². The second-order valence-corrected chi connectivity index (χ2v) is 6.00. The second kappa shape index (κ2) is 6.89. The zero-order chi connectivity index (χ0) is 14.5. The van der Waals surface area contributed by atoms with Crippen molar-refractivity contribution in [3.8, 4) is 0 Å². The summed E-state index contributed by atoms with van der Waals surface area (Å²) in [4.78, 5) is 14.4. The van der Waals surface area contributed by atoms with E-state index in [0.717, 1.165) is 24.9 Å². The van der Waals surface area contributed by atoms with Gasteiger partial charge in [-0.1, -0.05) is 37.3 Å². The molecule has 2 rings (SSSR count). The van der Waals surface area contributed by atoms with Crippen LogP contribution in [-0.4, -0.2) is 23.4 Å². The topological polar surface area (TPSA) is 46.3 Å². The first-order chi connectivity index (χ1) is 9.59. The highest BCUT2D eigenvalue weighted by atomic mass is 16.2. The van der Waals surface area contributed by atoms with Gasteiger partial charge in [0.05, 0.1) is 0 Å². The number of nitrogens with two attached hydrogens (primary N) is 1. The third-order valence-electron chi connectivity index (χ3n) is 4.59. The zero-order valence-corrected chi connectivity index (χ0v) is 12.6. The maximum Gasteiger partial charge on any atom is 0.222 e. The van der Waals surface area contributed by atoms with E-state index in [1.807, 2.05) is 35.2 Å². The molecule has 110 valence electrons. The number of amides is 1. The first-order valence-electron chi connectivity index (χ1n) is 7.69. The van der Waals surface area contributed by atoms with Crippen LogP contribution in [0.5, 0.6) is 0 Å².